The zero-order chi connectivity index (χ0) is 14.4. The van der Waals surface area contributed by atoms with Crippen LogP contribution in [0.4, 0.5) is 5.69 Å². The molecule has 1 nitrogen and oxygen atoms in total. The van der Waals surface area contributed by atoms with E-state index in [1.807, 2.05) is 0 Å². The number of hydrogen-bond donors (Lipinski definition) is 0. The van der Waals surface area contributed by atoms with Crippen molar-refractivity contribution in [2.45, 2.75) is 40.0 Å². The summed E-state index contributed by atoms with van der Waals surface area (Å²) in [6, 6.07) is 15.6. The van der Waals surface area contributed by atoms with E-state index >= 15 is 0 Å². The highest BCUT2D eigenvalue weighted by molar-refractivity contribution is 5.93. The molecule has 0 radical (unpaired) electrons. The average molecular weight is 270 g/mol. The van der Waals surface area contributed by atoms with Gasteiger partial charge < -0.3 is 0 Å². The first kappa shape index (κ1) is 15.1. The molecular weight excluding hydrogens is 242 g/mol. The Labute approximate surface area is 123 Å². The van der Waals surface area contributed by atoms with Crippen LogP contribution in [0.15, 0.2) is 42.5 Å². The number of rotatable bonds is 7. The molecule has 108 valence electrons. The number of nitrogens with zero attached hydrogens (tertiary/aromatic N) is 1. The lowest BCUT2D eigenvalue weighted by molar-refractivity contribution is 0.295. The van der Waals surface area contributed by atoms with Crippen LogP contribution in [0, 0.1) is 0 Å². The van der Waals surface area contributed by atoms with E-state index in [0.29, 0.717) is 0 Å². The fraction of sp³-hybridized carbons (Fsp3) is 0.474. The summed E-state index contributed by atoms with van der Waals surface area (Å²) in [6.45, 7) is 10.6. The van der Waals surface area contributed by atoms with Crippen LogP contribution in [-0.4, -0.2) is 19.6 Å². The van der Waals surface area contributed by atoms with Gasteiger partial charge in [0.05, 0.1) is 19.6 Å². The molecule has 1 heteroatoms. The molecule has 20 heavy (non-hydrogen) atoms. The minimum absolute atomic E-state index is 1.11. The molecule has 0 spiro atoms. The topological polar surface area (TPSA) is 0 Å². The second-order valence-corrected chi connectivity index (χ2v) is 5.71. The number of quaternary nitrogens is 1. The van der Waals surface area contributed by atoms with Gasteiger partial charge in [-0.05, 0) is 44.2 Å². The SMILES string of the molecule is CCCCC[N+](CC)(CC)c1cccc2ccccc12. The van der Waals surface area contributed by atoms with Crippen LogP contribution >= 0.6 is 0 Å². The van der Waals surface area contributed by atoms with E-state index in [1.54, 1.807) is 0 Å². The molecule has 0 saturated heterocycles. The van der Waals surface area contributed by atoms with Crippen LogP contribution in [0.25, 0.3) is 10.8 Å². The first-order chi connectivity index (χ1) is 9.77. The Bertz CT molecular complexity index is 535. The van der Waals surface area contributed by atoms with Gasteiger partial charge in [0.1, 0.15) is 5.69 Å². The molecule has 2 aromatic carbocycles. The summed E-state index contributed by atoms with van der Waals surface area (Å²) < 4.78 is 1.11. The van der Waals surface area contributed by atoms with E-state index in [9.17, 15) is 0 Å². The van der Waals surface area contributed by atoms with Crippen molar-refractivity contribution in [1.29, 1.82) is 0 Å². The van der Waals surface area contributed by atoms with Crippen molar-refractivity contribution in [3.8, 4) is 0 Å². The third kappa shape index (κ3) is 2.88. The highest BCUT2D eigenvalue weighted by Gasteiger charge is 2.27. The van der Waals surface area contributed by atoms with Gasteiger partial charge in [0.15, 0.2) is 0 Å². The summed E-state index contributed by atoms with van der Waals surface area (Å²) in [5.41, 5.74) is 1.50. The molecule has 0 bridgehead atoms. The molecule has 0 atom stereocenters. The van der Waals surface area contributed by atoms with Gasteiger partial charge in [-0.25, -0.2) is 0 Å². The Kier molecular flexibility index (Phi) is 5.19. The number of unbranched alkanes of at least 4 members (excludes halogenated alkanes) is 2. The van der Waals surface area contributed by atoms with Gasteiger partial charge in [-0.1, -0.05) is 43.7 Å². The highest BCUT2D eigenvalue weighted by atomic mass is 15.3. The standard InChI is InChI=1S/C19H28N/c1-4-7-10-16-20(5-2,6-3)19-15-11-13-17-12-8-9-14-18(17)19/h8-9,11-15H,4-7,10,16H2,1-3H3/q+1. The van der Waals surface area contributed by atoms with Gasteiger partial charge in [-0.2, -0.15) is 0 Å². The third-order valence-corrected chi connectivity index (χ3v) is 4.68. The van der Waals surface area contributed by atoms with Gasteiger partial charge in [0.2, 0.25) is 0 Å². The maximum atomic E-state index is 2.33. The van der Waals surface area contributed by atoms with Crippen LogP contribution in [0.3, 0.4) is 0 Å². The predicted octanol–water partition coefficient (Wildman–Crippen LogP) is 5.38. The first-order valence-electron chi connectivity index (χ1n) is 8.11. The minimum Gasteiger partial charge on any atom is -0.291 e. The van der Waals surface area contributed by atoms with E-state index in [2.05, 4.69) is 63.2 Å². The Morgan fingerprint density at radius 3 is 2.20 bits per heavy atom. The fourth-order valence-electron chi connectivity index (χ4n) is 3.29. The van der Waals surface area contributed by atoms with Crippen LogP contribution in [-0.2, 0) is 0 Å². The van der Waals surface area contributed by atoms with Crippen molar-refractivity contribution in [2.75, 3.05) is 19.6 Å². The number of benzene rings is 2. The van der Waals surface area contributed by atoms with Crippen molar-refractivity contribution in [3.63, 3.8) is 0 Å². The molecule has 0 N–H and O–H groups in total. The molecule has 0 heterocycles. The summed E-state index contributed by atoms with van der Waals surface area (Å²) in [6.07, 6.45) is 3.95. The molecular formula is C19H28N+. The second kappa shape index (κ2) is 6.90. The molecule has 0 aromatic heterocycles. The van der Waals surface area contributed by atoms with Crippen LogP contribution < -0.4 is 4.48 Å². The van der Waals surface area contributed by atoms with Gasteiger partial charge in [0, 0.05) is 5.39 Å². The number of fused-ring (bicyclic) bond motifs is 1. The predicted molar refractivity (Wildman–Crippen MR) is 91.2 cm³/mol. The summed E-state index contributed by atoms with van der Waals surface area (Å²) in [5.74, 6) is 0. The Morgan fingerprint density at radius 2 is 1.50 bits per heavy atom. The molecule has 2 rings (SSSR count). The molecule has 0 unspecified atom stereocenters. The van der Waals surface area contributed by atoms with E-state index in [1.165, 1.54) is 55.4 Å². The third-order valence-electron chi connectivity index (χ3n) is 4.68. The monoisotopic (exact) mass is 270 g/mol. The maximum Gasteiger partial charge on any atom is 0.140 e. The quantitative estimate of drug-likeness (QED) is 0.468. The average Bonchev–Trinajstić information content (AvgIpc) is 2.52. The summed E-state index contributed by atoms with van der Waals surface area (Å²) in [7, 11) is 0. The Morgan fingerprint density at radius 1 is 0.800 bits per heavy atom. The molecule has 0 aliphatic heterocycles. The lowest BCUT2D eigenvalue weighted by Gasteiger charge is -2.37. The van der Waals surface area contributed by atoms with Gasteiger partial charge in [0.25, 0.3) is 0 Å². The summed E-state index contributed by atoms with van der Waals surface area (Å²) in [4.78, 5) is 0. The normalized spacial score (nSPS) is 11.9. The van der Waals surface area contributed by atoms with Crippen LogP contribution in [0.1, 0.15) is 40.0 Å². The first-order valence-corrected chi connectivity index (χ1v) is 8.11. The van der Waals surface area contributed by atoms with Crippen molar-refractivity contribution < 1.29 is 0 Å². The van der Waals surface area contributed by atoms with Crippen LogP contribution in [0.2, 0.25) is 0 Å². The van der Waals surface area contributed by atoms with Gasteiger partial charge in [-0.15, -0.1) is 0 Å². The molecule has 0 saturated carbocycles. The molecule has 0 aliphatic carbocycles. The zero-order valence-electron chi connectivity index (χ0n) is 13.2. The van der Waals surface area contributed by atoms with Crippen molar-refractivity contribution in [1.82, 2.24) is 4.48 Å². The van der Waals surface area contributed by atoms with Crippen molar-refractivity contribution in [3.05, 3.63) is 42.5 Å². The van der Waals surface area contributed by atoms with Crippen molar-refractivity contribution in [2.24, 2.45) is 0 Å². The minimum atomic E-state index is 1.11. The van der Waals surface area contributed by atoms with Gasteiger partial charge in [-0.3, -0.25) is 4.48 Å². The lowest BCUT2D eigenvalue weighted by atomic mass is 10.1. The molecule has 0 fully saturated rings. The van der Waals surface area contributed by atoms with E-state index in [0.717, 1.165) is 4.48 Å². The maximum absolute atomic E-state index is 2.33. The molecule has 0 aliphatic rings. The second-order valence-electron chi connectivity index (χ2n) is 5.71. The largest absolute Gasteiger partial charge is 0.291 e. The van der Waals surface area contributed by atoms with Crippen LogP contribution in [0.5, 0.6) is 0 Å². The molecule has 0 amide bonds. The fourth-order valence-corrected chi connectivity index (χ4v) is 3.29. The Hall–Kier alpha value is -1.34. The van der Waals surface area contributed by atoms with Crippen molar-refractivity contribution >= 4 is 16.5 Å². The van der Waals surface area contributed by atoms with Gasteiger partial charge >= 0.3 is 0 Å². The Balaban J connectivity index is 2.45. The molecule has 2 aromatic rings. The lowest BCUT2D eigenvalue weighted by Crippen LogP contribution is -2.49. The number of hydrogen-bond acceptors (Lipinski definition) is 0. The zero-order valence-corrected chi connectivity index (χ0v) is 13.2. The summed E-state index contributed by atoms with van der Waals surface area (Å²) >= 11 is 0. The highest BCUT2D eigenvalue weighted by Crippen LogP contribution is 2.32. The smallest absolute Gasteiger partial charge is 0.140 e. The van der Waals surface area contributed by atoms with E-state index in [-0.39, 0.29) is 0 Å². The van der Waals surface area contributed by atoms with E-state index < -0.39 is 0 Å². The summed E-state index contributed by atoms with van der Waals surface area (Å²) in [5, 5.41) is 2.79. The van der Waals surface area contributed by atoms with E-state index in [4.69, 9.17) is 0 Å².